The summed E-state index contributed by atoms with van der Waals surface area (Å²) in [5, 5.41) is 6.20. The van der Waals surface area contributed by atoms with Crippen LogP contribution >= 0.6 is 12.2 Å². The molecule has 6 nitrogen and oxygen atoms in total. The predicted molar refractivity (Wildman–Crippen MR) is 143 cm³/mol. The summed E-state index contributed by atoms with van der Waals surface area (Å²) in [7, 11) is 0. The number of alkyl halides is 3. The van der Waals surface area contributed by atoms with Crippen molar-refractivity contribution in [3.05, 3.63) is 114 Å². The van der Waals surface area contributed by atoms with E-state index in [1.54, 1.807) is 41.2 Å². The highest BCUT2D eigenvalue weighted by atomic mass is 32.1. The Labute approximate surface area is 227 Å². The number of rotatable bonds is 7. The number of hydrogen-bond donors (Lipinski definition) is 2. The Bertz CT molecular complexity index is 1490. The second-order valence-electron chi connectivity index (χ2n) is 8.95. The summed E-state index contributed by atoms with van der Waals surface area (Å²) in [5.41, 5.74) is 0.986. The Morgan fingerprint density at radius 3 is 2.56 bits per heavy atom. The minimum absolute atomic E-state index is 0.00808. The van der Waals surface area contributed by atoms with Gasteiger partial charge >= 0.3 is 6.18 Å². The summed E-state index contributed by atoms with van der Waals surface area (Å²) in [4.78, 5) is 19.0. The molecule has 4 aromatic rings. The molecule has 2 aromatic heterocycles. The van der Waals surface area contributed by atoms with Gasteiger partial charge in [0.1, 0.15) is 5.82 Å². The van der Waals surface area contributed by atoms with E-state index in [-0.39, 0.29) is 18.7 Å². The van der Waals surface area contributed by atoms with E-state index >= 15 is 0 Å². The molecule has 2 atom stereocenters. The van der Waals surface area contributed by atoms with E-state index in [9.17, 15) is 22.4 Å². The number of amides is 1. The van der Waals surface area contributed by atoms with Gasteiger partial charge in [0.2, 0.25) is 5.91 Å². The second-order valence-corrected chi connectivity index (χ2v) is 9.34. The largest absolute Gasteiger partial charge is 0.416 e. The molecule has 39 heavy (non-hydrogen) atoms. The molecule has 1 aliphatic heterocycles. The molecule has 0 spiro atoms. The summed E-state index contributed by atoms with van der Waals surface area (Å²) >= 11 is 5.64. The van der Waals surface area contributed by atoms with Crippen LogP contribution in [0.2, 0.25) is 0 Å². The van der Waals surface area contributed by atoms with Crippen molar-refractivity contribution < 1.29 is 22.4 Å². The van der Waals surface area contributed by atoms with E-state index in [1.807, 2.05) is 23.1 Å². The summed E-state index contributed by atoms with van der Waals surface area (Å²) in [5.74, 6) is -0.951. The number of thiocarbonyl (C=S) groups is 1. The van der Waals surface area contributed by atoms with Gasteiger partial charge < -0.3 is 20.1 Å². The number of carbonyl (C=O) groups excluding carboxylic acids is 1. The average Bonchev–Trinajstić information content (AvgIpc) is 3.53. The van der Waals surface area contributed by atoms with Crippen LogP contribution in [0.25, 0.3) is 5.69 Å². The molecular weight excluding hydrogens is 530 g/mol. The maximum atomic E-state index is 14.0. The van der Waals surface area contributed by atoms with Crippen LogP contribution in [0.3, 0.4) is 0 Å². The van der Waals surface area contributed by atoms with Gasteiger partial charge in [-0.15, -0.1) is 0 Å². The summed E-state index contributed by atoms with van der Waals surface area (Å²) in [6, 6.07) is 19.0. The standard InChI is InChI=1S/C28H23F4N5OS/c29-20-9-1-2-10-21(20)34-24(38)13-16-37-26(25(35-27(37)39)22-11-3-4-14-33-22)23-12-6-15-36(23)19-8-5-7-18(17-19)28(30,31)32/h1-12,14-15,17,25-26H,13,16H2,(H,34,38)(H,35,39)/t25-,26+/m0/s1. The number of aromatic nitrogens is 2. The van der Waals surface area contributed by atoms with Crippen molar-refractivity contribution in [1.82, 2.24) is 19.8 Å². The van der Waals surface area contributed by atoms with Crippen LogP contribution < -0.4 is 10.6 Å². The van der Waals surface area contributed by atoms with Crippen LogP contribution in [0.15, 0.2) is 91.3 Å². The predicted octanol–water partition coefficient (Wildman–Crippen LogP) is 6.03. The fourth-order valence-corrected chi connectivity index (χ4v) is 5.00. The molecule has 200 valence electrons. The minimum atomic E-state index is -4.49. The van der Waals surface area contributed by atoms with Crippen LogP contribution in [-0.4, -0.2) is 32.0 Å². The molecule has 0 saturated carbocycles. The molecule has 1 amide bonds. The quantitative estimate of drug-likeness (QED) is 0.216. The van der Waals surface area contributed by atoms with E-state index in [4.69, 9.17) is 12.2 Å². The van der Waals surface area contributed by atoms with E-state index in [1.165, 1.54) is 24.3 Å². The first kappa shape index (κ1) is 26.4. The van der Waals surface area contributed by atoms with Gasteiger partial charge in [-0.2, -0.15) is 13.2 Å². The molecule has 0 bridgehead atoms. The molecule has 0 radical (unpaired) electrons. The molecule has 0 aliphatic carbocycles. The first-order valence-corrected chi connectivity index (χ1v) is 12.5. The topological polar surface area (TPSA) is 62.2 Å². The third-order valence-corrected chi connectivity index (χ3v) is 6.81. The van der Waals surface area contributed by atoms with E-state index in [0.29, 0.717) is 22.2 Å². The van der Waals surface area contributed by atoms with Gasteiger partial charge in [0.25, 0.3) is 0 Å². The van der Waals surface area contributed by atoms with Crippen LogP contribution in [0, 0.1) is 5.82 Å². The summed E-state index contributed by atoms with van der Waals surface area (Å²) in [6.07, 6.45) is -1.17. The van der Waals surface area contributed by atoms with Crippen molar-refractivity contribution in [3.63, 3.8) is 0 Å². The number of nitrogens with one attached hydrogen (secondary N) is 2. The van der Waals surface area contributed by atoms with Crippen molar-refractivity contribution in [3.8, 4) is 5.69 Å². The molecule has 5 rings (SSSR count). The molecule has 2 aromatic carbocycles. The van der Waals surface area contributed by atoms with Crippen molar-refractivity contribution in [1.29, 1.82) is 0 Å². The van der Waals surface area contributed by atoms with Crippen molar-refractivity contribution in [2.24, 2.45) is 0 Å². The first-order valence-electron chi connectivity index (χ1n) is 12.1. The third-order valence-electron chi connectivity index (χ3n) is 6.46. The molecule has 2 N–H and O–H groups in total. The maximum absolute atomic E-state index is 14.0. The van der Waals surface area contributed by atoms with E-state index in [2.05, 4.69) is 15.6 Å². The lowest BCUT2D eigenvalue weighted by atomic mass is 10.0. The maximum Gasteiger partial charge on any atom is 0.416 e. The third kappa shape index (κ3) is 5.63. The molecule has 1 fully saturated rings. The molecule has 11 heteroatoms. The zero-order valence-corrected chi connectivity index (χ0v) is 21.2. The average molecular weight is 554 g/mol. The lowest BCUT2D eigenvalue weighted by molar-refractivity contribution is -0.137. The summed E-state index contributed by atoms with van der Waals surface area (Å²) in [6.45, 7) is 0.174. The number of benzene rings is 2. The second kappa shape index (κ2) is 10.9. The Balaban J connectivity index is 1.47. The molecule has 3 heterocycles. The number of halogens is 4. The fraction of sp³-hybridized carbons (Fsp3) is 0.179. The van der Waals surface area contributed by atoms with Gasteiger partial charge in [-0.1, -0.05) is 24.3 Å². The van der Waals surface area contributed by atoms with Crippen LogP contribution in [0.5, 0.6) is 0 Å². The first-order chi connectivity index (χ1) is 18.7. The van der Waals surface area contributed by atoms with E-state index < -0.39 is 35.5 Å². The fourth-order valence-electron chi connectivity index (χ4n) is 4.67. The Morgan fingerprint density at radius 2 is 1.82 bits per heavy atom. The van der Waals surface area contributed by atoms with Crippen LogP contribution in [0.4, 0.5) is 23.2 Å². The van der Waals surface area contributed by atoms with Gasteiger partial charge in [0.15, 0.2) is 5.11 Å². The van der Waals surface area contributed by atoms with Gasteiger partial charge in [0, 0.05) is 36.7 Å². The highest BCUT2D eigenvalue weighted by Gasteiger charge is 2.41. The Hall–Kier alpha value is -4.25. The lowest BCUT2D eigenvalue weighted by Crippen LogP contribution is -2.33. The highest BCUT2D eigenvalue weighted by molar-refractivity contribution is 7.80. The number of para-hydroxylation sites is 1. The van der Waals surface area contributed by atoms with Gasteiger partial charge in [-0.3, -0.25) is 9.78 Å². The van der Waals surface area contributed by atoms with Crippen molar-refractivity contribution >= 4 is 28.9 Å². The van der Waals surface area contributed by atoms with Crippen LogP contribution in [0.1, 0.15) is 35.5 Å². The number of anilines is 1. The highest BCUT2D eigenvalue weighted by Crippen LogP contribution is 2.40. The molecule has 1 saturated heterocycles. The SMILES string of the molecule is O=C(CCN1C(=S)N[C@@H](c2ccccn2)[C@H]1c1cccn1-c1cccc(C(F)(F)F)c1)Nc1ccccc1F. The Morgan fingerprint density at radius 1 is 1.03 bits per heavy atom. The van der Waals surface area contributed by atoms with E-state index in [0.717, 1.165) is 12.1 Å². The normalized spacial score (nSPS) is 17.2. The van der Waals surface area contributed by atoms with Gasteiger partial charge in [-0.25, -0.2) is 4.39 Å². The van der Waals surface area contributed by atoms with Crippen molar-refractivity contribution in [2.45, 2.75) is 24.7 Å². The molecular formula is C28H23F4N5OS. The zero-order valence-electron chi connectivity index (χ0n) is 20.4. The summed E-state index contributed by atoms with van der Waals surface area (Å²) < 4.78 is 56.0. The number of carbonyl (C=O) groups is 1. The van der Waals surface area contributed by atoms with Gasteiger partial charge in [0.05, 0.1) is 29.0 Å². The number of nitrogens with zero attached hydrogens (tertiary/aromatic N) is 3. The smallest absolute Gasteiger partial charge is 0.352 e. The molecule has 1 aliphatic rings. The zero-order chi connectivity index (χ0) is 27.6. The molecule has 0 unspecified atom stereocenters. The minimum Gasteiger partial charge on any atom is -0.352 e. The Kier molecular flexibility index (Phi) is 7.34. The van der Waals surface area contributed by atoms with Gasteiger partial charge in [-0.05, 0) is 66.8 Å². The van der Waals surface area contributed by atoms with Crippen LogP contribution in [-0.2, 0) is 11.0 Å². The monoisotopic (exact) mass is 553 g/mol. The number of hydrogen-bond acceptors (Lipinski definition) is 3. The van der Waals surface area contributed by atoms with Crippen molar-refractivity contribution in [2.75, 3.05) is 11.9 Å². The number of pyridine rings is 1. The lowest BCUT2D eigenvalue weighted by Gasteiger charge is -2.29.